The third-order valence-corrected chi connectivity index (χ3v) is 5.67. The molecule has 0 bridgehead atoms. The molecule has 0 spiro atoms. The van der Waals surface area contributed by atoms with Crippen molar-refractivity contribution in [3.8, 4) is 0 Å². The van der Waals surface area contributed by atoms with E-state index in [-0.39, 0.29) is 24.0 Å². The van der Waals surface area contributed by atoms with Crippen LogP contribution in [-0.4, -0.2) is 35.4 Å². The average molecular weight is 475 g/mol. The summed E-state index contributed by atoms with van der Waals surface area (Å²) >= 11 is 0. The average Bonchev–Trinajstić information content (AvgIpc) is 2.86. The molecule has 0 aliphatic heterocycles. The third-order valence-electron chi connectivity index (χ3n) is 5.67. The van der Waals surface area contributed by atoms with Crippen LogP contribution in [-0.2, 0) is 13.5 Å². The van der Waals surface area contributed by atoms with Crippen molar-refractivity contribution < 1.29 is 0 Å². The molecule has 1 aromatic heterocycles. The van der Waals surface area contributed by atoms with Crippen LogP contribution < -0.4 is 10.6 Å². The van der Waals surface area contributed by atoms with Crippen molar-refractivity contribution in [1.29, 1.82) is 0 Å². The molecule has 0 amide bonds. The van der Waals surface area contributed by atoms with E-state index in [1.165, 1.54) is 56.2 Å². The highest BCUT2D eigenvalue weighted by Crippen LogP contribution is 2.27. The van der Waals surface area contributed by atoms with Gasteiger partial charge < -0.3 is 10.6 Å². The molecule has 2 N–H and O–H groups in total. The summed E-state index contributed by atoms with van der Waals surface area (Å²) in [6.45, 7) is 7.37. The normalized spacial score (nSPS) is 16.9. The van der Waals surface area contributed by atoms with E-state index in [0.717, 1.165) is 30.5 Å². The van der Waals surface area contributed by atoms with E-state index >= 15 is 0 Å². The van der Waals surface area contributed by atoms with Crippen molar-refractivity contribution in [2.24, 2.45) is 18.0 Å². The molecule has 1 aromatic rings. The Morgan fingerprint density at radius 1 is 1.27 bits per heavy atom. The molecule has 0 radical (unpaired) electrons. The summed E-state index contributed by atoms with van der Waals surface area (Å²) < 4.78 is 1.96. The molecule has 26 heavy (non-hydrogen) atoms. The van der Waals surface area contributed by atoms with Gasteiger partial charge in [-0.2, -0.15) is 5.10 Å². The highest BCUT2D eigenvalue weighted by Gasteiger charge is 2.15. The van der Waals surface area contributed by atoms with Crippen molar-refractivity contribution in [3.05, 3.63) is 17.0 Å². The largest absolute Gasteiger partial charge is 0.356 e. The van der Waals surface area contributed by atoms with Gasteiger partial charge in [-0.25, -0.2) is 0 Å². The van der Waals surface area contributed by atoms with Crippen LogP contribution in [0.25, 0.3) is 0 Å². The van der Waals surface area contributed by atoms with Crippen LogP contribution in [0.2, 0.25) is 0 Å². The summed E-state index contributed by atoms with van der Waals surface area (Å²) in [7, 11) is 3.86. The first-order valence-corrected chi connectivity index (χ1v) is 9.97. The first kappa shape index (κ1) is 23.2. The molecule has 2 rings (SSSR count). The lowest BCUT2D eigenvalue weighted by molar-refractivity contribution is 0.322. The number of aromatic nitrogens is 2. The molecule has 1 aliphatic rings. The number of nitrogens with one attached hydrogen (secondary N) is 2. The van der Waals surface area contributed by atoms with E-state index in [0.29, 0.717) is 6.04 Å². The molecule has 1 unspecified atom stereocenters. The van der Waals surface area contributed by atoms with E-state index in [1.807, 2.05) is 18.8 Å². The number of hydrogen-bond acceptors (Lipinski definition) is 2. The third kappa shape index (κ3) is 7.08. The Labute approximate surface area is 176 Å². The van der Waals surface area contributed by atoms with Crippen LogP contribution in [0.15, 0.2) is 4.99 Å². The smallest absolute Gasteiger partial charge is 0.191 e. The lowest BCUT2D eigenvalue weighted by atomic mass is 9.85. The first-order chi connectivity index (χ1) is 12.0. The number of aliphatic imine (C=N–C) groups is 1. The van der Waals surface area contributed by atoms with E-state index in [2.05, 4.69) is 41.5 Å². The molecule has 1 aliphatic carbocycles. The second kappa shape index (κ2) is 11.8. The van der Waals surface area contributed by atoms with Gasteiger partial charge in [-0.1, -0.05) is 32.1 Å². The van der Waals surface area contributed by atoms with E-state index in [4.69, 9.17) is 0 Å². The van der Waals surface area contributed by atoms with Gasteiger partial charge >= 0.3 is 0 Å². The minimum absolute atomic E-state index is 0. The Bertz CT molecular complexity index is 561. The SMILES string of the molecule is CN=C(NCCc1c(C)nn(C)c1C)NC(C)CCC1CCCCC1.I. The van der Waals surface area contributed by atoms with Crippen LogP contribution in [0.1, 0.15) is 68.8 Å². The van der Waals surface area contributed by atoms with Gasteiger partial charge in [-0.15, -0.1) is 24.0 Å². The van der Waals surface area contributed by atoms with Crippen molar-refractivity contribution in [1.82, 2.24) is 20.4 Å². The lowest BCUT2D eigenvalue weighted by Crippen LogP contribution is -2.43. The number of halogens is 1. The standard InChI is InChI=1S/C20H37N5.HI/c1-15(11-12-18-9-7-6-8-10-18)23-20(21-4)22-14-13-19-16(2)24-25(5)17(19)3;/h15,18H,6-14H2,1-5H3,(H2,21,22,23);1H. The maximum absolute atomic E-state index is 4.49. The highest BCUT2D eigenvalue weighted by molar-refractivity contribution is 14.0. The van der Waals surface area contributed by atoms with Crippen molar-refractivity contribution >= 4 is 29.9 Å². The molecule has 1 atom stereocenters. The zero-order valence-corrected chi connectivity index (χ0v) is 19.6. The van der Waals surface area contributed by atoms with Gasteiger partial charge in [0.05, 0.1) is 5.69 Å². The van der Waals surface area contributed by atoms with Gasteiger partial charge in [0.25, 0.3) is 0 Å². The molecule has 1 saturated carbocycles. The summed E-state index contributed by atoms with van der Waals surface area (Å²) in [4.78, 5) is 4.38. The van der Waals surface area contributed by atoms with Gasteiger partial charge in [-0.3, -0.25) is 9.67 Å². The number of aryl methyl sites for hydroxylation is 2. The van der Waals surface area contributed by atoms with Crippen LogP contribution >= 0.6 is 24.0 Å². The minimum atomic E-state index is 0. The van der Waals surface area contributed by atoms with Crippen molar-refractivity contribution in [2.75, 3.05) is 13.6 Å². The molecule has 0 saturated heterocycles. The Kier molecular flexibility index (Phi) is 10.6. The summed E-state index contributed by atoms with van der Waals surface area (Å²) in [5.41, 5.74) is 3.73. The summed E-state index contributed by atoms with van der Waals surface area (Å²) in [5, 5.41) is 11.5. The Morgan fingerprint density at radius 3 is 2.54 bits per heavy atom. The topological polar surface area (TPSA) is 54.2 Å². The Morgan fingerprint density at radius 2 is 1.96 bits per heavy atom. The fourth-order valence-electron chi connectivity index (χ4n) is 3.95. The van der Waals surface area contributed by atoms with Gasteiger partial charge in [0.1, 0.15) is 0 Å². The predicted molar refractivity (Wildman–Crippen MR) is 122 cm³/mol. The second-order valence-corrected chi connectivity index (χ2v) is 7.65. The van der Waals surface area contributed by atoms with Crippen molar-refractivity contribution in [2.45, 2.75) is 78.2 Å². The maximum Gasteiger partial charge on any atom is 0.191 e. The molecule has 1 heterocycles. The molecule has 1 fully saturated rings. The fourth-order valence-corrected chi connectivity index (χ4v) is 3.95. The molecule has 6 heteroatoms. The van der Waals surface area contributed by atoms with Gasteiger partial charge in [0, 0.05) is 32.4 Å². The zero-order valence-electron chi connectivity index (χ0n) is 17.3. The van der Waals surface area contributed by atoms with Gasteiger partial charge in [0.2, 0.25) is 0 Å². The number of rotatable bonds is 7. The Hall–Kier alpha value is -0.790. The Balaban J connectivity index is 0.00000338. The summed E-state index contributed by atoms with van der Waals surface area (Å²) in [6, 6.07) is 0.468. The number of guanidine groups is 1. The van der Waals surface area contributed by atoms with Gasteiger partial charge in [-0.05, 0) is 51.5 Å². The van der Waals surface area contributed by atoms with Gasteiger partial charge in [0.15, 0.2) is 5.96 Å². The fraction of sp³-hybridized carbons (Fsp3) is 0.800. The van der Waals surface area contributed by atoms with Crippen LogP contribution in [0, 0.1) is 19.8 Å². The molecule has 150 valence electrons. The molecular weight excluding hydrogens is 437 g/mol. The molecular formula is C20H38IN5. The monoisotopic (exact) mass is 475 g/mol. The van der Waals surface area contributed by atoms with E-state index in [1.54, 1.807) is 0 Å². The van der Waals surface area contributed by atoms with Crippen molar-refractivity contribution in [3.63, 3.8) is 0 Å². The van der Waals surface area contributed by atoms with Crippen LogP contribution in [0.5, 0.6) is 0 Å². The number of nitrogens with zero attached hydrogens (tertiary/aromatic N) is 3. The molecule has 0 aromatic carbocycles. The van der Waals surface area contributed by atoms with E-state index in [9.17, 15) is 0 Å². The predicted octanol–water partition coefficient (Wildman–Crippen LogP) is 4.11. The summed E-state index contributed by atoms with van der Waals surface area (Å²) in [5.74, 6) is 1.86. The van der Waals surface area contributed by atoms with E-state index < -0.39 is 0 Å². The summed E-state index contributed by atoms with van der Waals surface area (Å²) in [6.07, 6.45) is 10.7. The quantitative estimate of drug-likeness (QED) is 0.355. The van der Waals surface area contributed by atoms with Crippen LogP contribution in [0.3, 0.4) is 0 Å². The first-order valence-electron chi connectivity index (χ1n) is 9.97. The zero-order chi connectivity index (χ0) is 18.2. The molecule has 5 nitrogen and oxygen atoms in total. The highest BCUT2D eigenvalue weighted by atomic mass is 127. The second-order valence-electron chi connectivity index (χ2n) is 7.65. The lowest BCUT2D eigenvalue weighted by Gasteiger charge is -2.24. The van der Waals surface area contributed by atoms with Crippen LogP contribution in [0.4, 0.5) is 0 Å². The maximum atomic E-state index is 4.49. The number of hydrogen-bond donors (Lipinski definition) is 2. The minimum Gasteiger partial charge on any atom is -0.356 e.